The monoisotopic (exact) mass is 422 g/mol. The standard InChI is InChI=1S/C25H30N2O4/c1-26(2)20-8-5-17(6-9-20)7-10-21(29)24-22(31-4)15-19(16-28)23(25(24)30)18-11-13-27(3)14-12-18/h5-11,15,28,30H,12-14,16H2,1-4H3. The third kappa shape index (κ3) is 4.98. The number of anilines is 1. The van der Waals surface area contributed by atoms with E-state index in [9.17, 15) is 15.0 Å². The highest BCUT2D eigenvalue weighted by molar-refractivity contribution is 6.11. The lowest BCUT2D eigenvalue weighted by Gasteiger charge is -2.25. The summed E-state index contributed by atoms with van der Waals surface area (Å²) in [5.74, 6) is -0.251. The lowest BCUT2D eigenvalue weighted by molar-refractivity contribution is 0.104. The van der Waals surface area contributed by atoms with Crippen LogP contribution in [0.5, 0.6) is 11.5 Å². The zero-order valence-corrected chi connectivity index (χ0v) is 18.6. The Hall–Kier alpha value is -3.09. The maximum atomic E-state index is 13.1. The first kappa shape index (κ1) is 22.6. The molecule has 1 aliphatic rings. The first-order chi connectivity index (χ1) is 14.8. The zero-order valence-electron chi connectivity index (χ0n) is 18.6. The van der Waals surface area contributed by atoms with Crippen LogP contribution < -0.4 is 9.64 Å². The summed E-state index contributed by atoms with van der Waals surface area (Å²) in [7, 11) is 7.41. The molecule has 0 amide bonds. The molecule has 0 saturated heterocycles. The van der Waals surface area contributed by atoms with Crippen molar-refractivity contribution < 1.29 is 19.7 Å². The second-order valence-electron chi connectivity index (χ2n) is 7.92. The second-order valence-corrected chi connectivity index (χ2v) is 7.92. The number of nitrogens with zero attached hydrogens (tertiary/aromatic N) is 2. The second kappa shape index (κ2) is 9.81. The van der Waals surface area contributed by atoms with E-state index in [-0.39, 0.29) is 29.5 Å². The summed E-state index contributed by atoms with van der Waals surface area (Å²) in [5, 5.41) is 21.0. The van der Waals surface area contributed by atoms with Gasteiger partial charge in [-0.1, -0.05) is 24.3 Å². The van der Waals surface area contributed by atoms with Crippen molar-refractivity contribution in [1.82, 2.24) is 4.90 Å². The molecule has 0 spiro atoms. The van der Waals surface area contributed by atoms with Gasteiger partial charge in [-0.15, -0.1) is 0 Å². The molecule has 0 aliphatic carbocycles. The number of ether oxygens (including phenoxy) is 1. The zero-order chi connectivity index (χ0) is 22.5. The Labute approximate surface area is 183 Å². The van der Waals surface area contributed by atoms with Gasteiger partial charge in [0.1, 0.15) is 17.1 Å². The van der Waals surface area contributed by atoms with Crippen molar-refractivity contribution in [2.24, 2.45) is 0 Å². The fraction of sp³-hybridized carbons (Fsp3) is 0.320. The van der Waals surface area contributed by atoms with Crippen LogP contribution in [0.15, 0.2) is 42.5 Å². The van der Waals surface area contributed by atoms with Crippen LogP contribution in [0, 0.1) is 0 Å². The summed E-state index contributed by atoms with van der Waals surface area (Å²) in [6.45, 7) is 1.33. The molecule has 0 fully saturated rings. The van der Waals surface area contributed by atoms with E-state index in [0.29, 0.717) is 11.1 Å². The number of ketones is 1. The van der Waals surface area contributed by atoms with Crippen LogP contribution in [0.3, 0.4) is 0 Å². The van der Waals surface area contributed by atoms with Crippen molar-refractivity contribution in [2.75, 3.05) is 46.2 Å². The number of hydrogen-bond donors (Lipinski definition) is 2. The summed E-state index contributed by atoms with van der Waals surface area (Å²) in [6.07, 6.45) is 5.91. The number of benzene rings is 2. The smallest absolute Gasteiger partial charge is 0.193 e. The van der Waals surface area contributed by atoms with Gasteiger partial charge in [-0.05, 0) is 54.4 Å². The molecule has 0 aromatic heterocycles. The summed E-state index contributed by atoms with van der Waals surface area (Å²) in [4.78, 5) is 17.2. The fourth-order valence-electron chi connectivity index (χ4n) is 3.72. The van der Waals surface area contributed by atoms with Crippen LogP contribution in [-0.2, 0) is 6.61 Å². The predicted octanol–water partition coefficient (Wildman–Crippen LogP) is 3.57. The number of likely N-dealkylation sites (N-methyl/N-ethyl adjacent to an activating group) is 1. The molecule has 6 heteroatoms. The van der Waals surface area contributed by atoms with Crippen molar-refractivity contribution in [3.05, 3.63) is 64.7 Å². The Kier molecular flexibility index (Phi) is 7.15. The quantitative estimate of drug-likeness (QED) is 0.525. The molecule has 31 heavy (non-hydrogen) atoms. The van der Waals surface area contributed by atoms with Crippen LogP contribution in [0.2, 0.25) is 0 Å². The minimum atomic E-state index is -0.356. The van der Waals surface area contributed by atoms with Crippen molar-refractivity contribution in [3.8, 4) is 11.5 Å². The van der Waals surface area contributed by atoms with E-state index in [1.165, 1.54) is 13.2 Å². The highest BCUT2D eigenvalue weighted by Gasteiger charge is 2.25. The van der Waals surface area contributed by atoms with Crippen LogP contribution in [-0.4, -0.2) is 62.2 Å². The highest BCUT2D eigenvalue weighted by Crippen LogP contribution is 2.40. The average Bonchev–Trinajstić information content (AvgIpc) is 2.77. The molecule has 0 bridgehead atoms. The Morgan fingerprint density at radius 3 is 2.52 bits per heavy atom. The molecule has 2 aromatic rings. The number of rotatable bonds is 7. The molecule has 1 aliphatic heterocycles. The van der Waals surface area contributed by atoms with E-state index in [1.54, 1.807) is 12.1 Å². The van der Waals surface area contributed by atoms with Gasteiger partial charge in [0.15, 0.2) is 5.78 Å². The maximum Gasteiger partial charge on any atom is 0.193 e. The molecular formula is C25H30N2O4. The number of carbonyl (C=O) groups is 1. The number of allylic oxidation sites excluding steroid dienone is 1. The lowest BCUT2D eigenvalue weighted by atomic mass is 9.90. The molecule has 2 N–H and O–H groups in total. The van der Waals surface area contributed by atoms with Gasteiger partial charge in [0, 0.05) is 38.4 Å². The number of aromatic hydroxyl groups is 1. The molecular weight excluding hydrogens is 392 g/mol. The Morgan fingerprint density at radius 2 is 1.97 bits per heavy atom. The Balaban J connectivity index is 1.99. The predicted molar refractivity (Wildman–Crippen MR) is 125 cm³/mol. The summed E-state index contributed by atoms with van der Waals surface area (Å²) >= 11 is 0. The number of carbonyl (C=O) groups excluding carboxylic acids is 1. The first-order valence-electron chi connectivity index (χ1n) is 10.3. The average molecular weight is 423 g/mol. The van der Waals surface area contributed by atoms with Crippen LogP contribution >= 0.6 is 0 Å². The van der Waals surface area contributed by atoms with E-state index in [0.717, 1.165) is 36.3 Å². The maximum absolute atomic E-state index is 13.1. The van der Waals surface area contributed by atoms with E-state index < -0.39 is 0 Å². The summed E-state index contributed by atoms with van der Waals surface area (Å²) in [5.41, 5.74) is 4.06. The van der Waals surface area contributed by atoms with Gasteiger partial charge >= 0.3 is 0 Å². The Bertz CT molecular complexity index is 1010. The van der Waals surface area contributed by atoms with Crippen molar-refractivity contribution >= 4 is 23.1 Å². The van der Waals surface area contributed by atoms with E-state index in [4.69, 9.17) is 4.74 Å². The van der Waals surface area contributed by atoms with Gasteiger partial charge in [-0.25, -0.2) is 0 Å². The molecule has 1 heterocycles. The number of phenolic OH excluding ortho intramolecular Hbond substituents is 1. The molecule has 6 nitrogen and oxygen atoms in total. The van der Waals surface area contributed by atoms with Crippen LogP contribution in [0.25, 0.3) is 11.6 Å². The minimum absolute atomic E-state index is 0.107. The molecule has 3 rings (SSSR count). The topological polar surface area (TPSA) is 73.2 Å². The van der Waals surface area contributed by atoms with Crippen molar-refractivity contribution in [3.63, 3.8) is 0 Å². The fourth-order valence-corrected chi connectivity index (χ4v) is 3.72. The number of aliphatic hydroxyl groups is 1. The molecule has 2 aromatic carbocycles. The number of methoxy groups -OCH3 is 1. The SMILES string of the molecule is COc1cc(CO)c(C2=CCN(C)CC2)c(O)c1C(=O)C=Cc1ccc(N(C)C)cc1. The van der Waals surface area contributed by atoms with Gasteiger partial charge in [-0.3, -0.25) is 4.79 Å². The van der Waals surface area contributed by atoms with Crippen molar-refractivity contribution in [1.29, 1.82) is 0 Å². The van der Waals surface area contributed by atoms with Crippen LogP contribution in [0.1, 0.15) is 33.5 Å². The van der Waals surface area contributed by atoms with Gasteiger partial charge in [0.25, 0.3) is 0 Å². The van der Waals surface area contributed by atoms with E-state index in [2.05, 4.69) is 4.90 Å². The molecule has 0 atom stereocenters. The van der Waals surface area contributed by atoms with Crippen LogP contribution in [0.4, 0.5) is 5.69 Å². The van der Waals surface area contributed by atoms with Gasteiger partial charge in [0.05, 0.1) is 13.7 Å². The summed E-state index contributed by atoms with van der Waals surface area (Å²) in [6, 6.07) is 9.45. The number of hydrogen-bond acceptors (Lipinski definition) is 6. The molecule has 0 unspecified atom stereocenters. The van der Waals surface area contributed by atoms with Gasteiger partial charge in [-0.2, -0.15) is 0 Å². The molecule has 0 radical (unpaired) electrons. The van der Waals surface area contributed by atoms with E-state index >= 15 is 0 Å². The number of aliphatic hydroxyl groups excluding tert-OH is 1. The van der Waals surface area contributed by atoms with Gasteiger partial charge in [0.2, 0.25) is 0 Å². The number of phenols is 1. The third-order valence-electron chi connectivity index (χ3n) is 5.55. The van der Waals surface area contributed by atoms with Gasteiger partial charge < -0.3 is 24.7 Å². The summed E-state index contributed by atoms with van der Waals surface area (Å²) < 4.78 is 5.38. The lowest BCUT2D eigenvalue weighted by Crippen LogP contribution is -2.24. The molecule has 164 valence electrons. The Morgan fingerprint density at radius 1 is 1.26 bits per heavy atom. The van der Waals surface area contributed by atoms with E-state index in [1.807, 2.05) is 56.4 Å². The molecule has 0 saturated carbocycles. The first-order valence-corrected chi connectivity index (χ1v) is 10.3. The minimum Gasteiger partial charge on any atom is -0.506 e. The third-order valence-corrected chi connectivity index (χ3v) is 5.55. The highest BCUT2D eigenvalue weighted by atomic mass is 16.5. The normalized spacial score (nSPS) is 14.5. The largest absolute Gasteiger partial charge is 0.506 e. The van der Waals surface area contributed by atoms with Crippen molar-refractivity contribution in [2.45, 2.75) is 13.0 Å².